The minimum atomic E-state index is 0.647. The van der Waals surface area contributed by atoms with E-state index in [1.165, 1.54) is 56.3 Å². The van der Waals surface area contributed by atoms with Gasteiger partial charge in [0.25, 0.3) is 0 Å². The first-order chi connectivity index (χ1) is 12.3. The van der Waals surface area contributed by atoms with E-state index in [0.29, 0.717) is 6.54 Å². The highest BCUT2D eigenvalue weighted by molar-refractivity contribution is 5.82. The van der Waals surface area contributed by atoms with Gasteiger partial charge in [-0.2, -0.15) is 0 Å². The second-order valence-corrected chi connectivity index (χ2v) is 6.75. The maximum absolute atomic E-state index is 5.94. The minimum Gasteiger partial charge on any atom is -0.459 e. The van der Waals surface area contributed by atoms with Gasteiger partial charge in [-0.15, -0.1) is 0 Å². The van der Waals surface area contributed by atoms with Gasteiger partial charge in [-0.25, -0.2) is 0 Å². The SMILES string of the molecule is CN=C(NCCCCN1CCCC1)NCc1oc2ccccc2c1C. The van der Waals surface area contributed by atoms with E-state index in [1.807, 2.05) is 25.2 Å². The summed E-state index contributed by atoms with van der Waals surface area (Å²) in [4.78, 5) is 6.87. The van der Waals surface area contributed by atoms with Gasteiger partial charge in [-0.1, -0.05) is 18.2 Å². The summed E-state index contributed by atoms with van der Waals surface area (Å²) in [5, 5.41) is 7.94. The molecule has 2 heterocycles. The van der Waals surface area contributed by atoms with E-state index in [4.69, 9.17) is 4.42 Å². The zero-order chi connectivity index (χ0) is 17.5. The molecule has 0 aliphatic carbocycles. The molecule has 0 spiro atoms. The van der Waals surface area contributed by atoms with E-state index in [9.17, 15) is 0 Å². The maximum Gasteiger partial charge on any atom is 0.191 e. The minimum absolute atomic E-state index is 0.647. The van der Waals surface area contributed by atoms with Crippen LogP contribution in [-0.2, 0) is 6.54 Å². The number of furan rings is 1. The van der Waals surface area contributed by atoms with Crippen molar-refractivity contribution in [1.29, 1.82) is 0 Å². The van der Waals surface area contributed by atoms with Gasteiger partial charge in [0, 0.05) is 24.5 Å². The molecule has 3 rings (SSSR count). The number of benzene rings is 1. The third-order valence-corrected chi connectivity index (χ3v) is 4.97. The number of rotatable bonds is 7. The average molecular weight is 342 g/mol. The van der Waals surface area contributed by atoms with E-state index in [2.05, 4.69) is 33.5 Å². The molecule has 25 heavy (non-hydrogen) atoms. The van der Waals surface area contributed by atoms with Crippen molar-refractivity contribution in [3.05, 3.63) is 35.6 Å². The number of unbranched alkanes of at least 4 members (excludes halogenated alkanes) is 1. The highest BCUT2D eigenvalue weighted by Gasteiger charge is 2.11. The topological polar surface area (TPSA) is 52.8 Å². The van der Waals surface area contributed by atoms with Gasteiger partial charge in [-0.3, -0.25) is 4.99 Å². The van der Waals surface area contributed by atoms with Gasteiger partial charge in [0.2, 0.25) is 0 Å². The molecule has 0 atom stereocenters. The van der Waals surface area contributed by atoms with Crippen LogP contribution in [0.1, 0.15) is 37.0 Å². The van der Waals surface area contributed by atoms with Gasteiger partial charge in [0.15, 0.2) is 5.96 Å². The molecular formula is C20H30N4O. The molecule has 2 aromatic rings. The van der Waals surface area contributed by atoms with E-state index < -0.39 is 0 Å². The summed E-state index contributed by atoms with van der Waals surface area (Å²) in [6.07, 6.45) is 5.15. The van der Waals surface area contributed by atoms with Gasteiger partial charge in [0.05, 0.1) is 6.54 Å². The first kappa shape index (κ1) is 17.8. The van der Waals surface area contributed by atoms with Gasteiger partial charge in [-0.05, 0) is 58.3 Å². The third kappa shape index (κ3) is 4.75. The summed E-state index contributed by atoms with van der Waals surface area (Å²) in [5.74, 6) is 1.80. The quantitative estimate of drug-likeness (QED) is 0.461. The number of nitrogens with zero attached hydrogens (tertiary/aromatic N) is 2. The number of fused-ring (bicyclic) bond motifs is 1. The molecule has 0 saturated carbocycles. The molecule has 0 amide bonds. The lowest BCUT2D eigenvalue weighted by atomic mass is 10.1. The normalized spacial score (nSPS) is 15.8. The van der Waals surface area contributed by atoms with Gasteiger partial charge >= 0.3 is 0 Å². The molecule has 1 aliphatic rings. The van der Waals surface area contributed by atoms with Crippen LogP contribution in [0, 0.1) is 6.92 Å². The number of guanidine groups is 1. The van der Waals surface area contributed by atoms with Crippen LogP contribution in [0.15, 0.2) is 33.7 Å². The van der Waals surface area contributed by atoms with Crippen LogP contribution in [0.3, 0.4) is 0 Å². The molecule has 1 aromatic carbocycles. The molecule has 0 unspecified atom stereocenters. The summed E-state index contributed by atoms with van der Waals surface area (Å²) in [5.41, 5.74) is 2.14. The molecule has 0 bridgehead atoms. The zero-order valence-corrected chi connectivity index (χ0v) is 15.5. The van der Waals surface area contributed by atoms with E-state index in [0.717, 1.165) is 23.8 Å². The van der Waals surface area contributed by atoms with Gasteiger partial charge < -0.3 is 20.0 Å². The second-order valence-electron chi connectivity index (χ2n) is 6.75. The number of hydrogen-bond acceptors (Lipinski definition) is 3. The van der Waals surface area contributed by atoms with Crippen molar-refractivity contribution in [3.8, 4) is 0 Å². The second kappa shape index (κ2) is 8.90. The molecule has 5 nitrogen and oxygen atoms in total. The van der Waals surface area contributed by atoms with Crippen LogP contribution in [0.2, 0.25) is 0 Å². The van der Waals surface area contributed by atoms with Crippen LogP contribution >= 0.6 is 0 Å². The fourth-order valence-corrected chi connectivity index (χ4v) is 3.45. The molecule has 1 saturated heterocycles. The molecule has 5 heteroatoms. The lowest BCUT2D eigenvalue weighted by Crippen LogP contribution is -2.37. The Kier molecular flexibility index (Phi) is 6.34. The predicted octanol–water partition coefficient (Wildman–Crippen LogP) is 3.28. The van der Waals surface area contributed by atoms with Crippen molar-refractivity contribution in [3.63, 3.8) is 0 Å². The summed E-state index contributed by atoms with van der Waals surface area (Å²) >= 11 is 0. The first-order valence-corrected chi connectivity index (χ1v) is 9.42. The highest BCUT2D eigenvalue weighted by Crippen LogP contribution is 2.24. The number of para-hydroxylation sites is 1. The number of aryl methyl sites for hydroxylation is 1. The summed E-state index contributed by atoms with van der Waals surface area (Å²) in [6.45, 7) is 7.50. The Labute approximate surface area is 150 Å². The van der Waals surface area contributed by atoms with Crippen molar-refractivity contribution in [2.45, 2.75) is 39.2 Å². The Hall–Kier alpha value is -2.01. The van der Waals surface area contributed by atoms with E-state index in [1.54, 1.807) is 0 Å². The monoisotopic (exact) mass is 342 g/mol. The lowest BCUT2D eigenvalue weighted by molar-refractivity contribution is 0.330. The Bertz CT molecular complexity index is 701. The zero-order valence-electron chi connectivity index (χ0n) is 15.5. The molecule has 2 N–H and O–H groups in total. The Morgan fingerprint density at radius 2 is 1.96 bits per heavy atom. The summed E-state index contributed by atoms with van der Waals surface area (Å²) < 4.78 is 5.94. The molecule has 0 radical (unpaired) electrons. The number of aliphatic imine (C=N–C) groups is 1. The van der Waals surface area contributed by atoms with Crippen molar-refractivity contribution < 1.29 is 4.42 Å². The fraction of sp³-hybridized carbons (Fsp3) is 0.550. The van der Waals surface area contributed by atoms with Crippen LogP contribution in [0.5, 0.6) is 0 Å². The molecular weight excluding hydrogens is 312 g/mol. The van der Waals surface area contributed by atoms with Crippen LogP contribution in [-0.4, -0.2) is 44.1 Å². The average Bonchev–Trinajstić information content (AvgIpc) is 3.26. The fourth-order valence-electron chi connectivity index (χ4n) is 3.45. The lowest BCUT2D eigenvalue weighted by Gasteiger charge is -2.15. The molecule has 1 aliphatic heterocycles. The van der Waals surface area contributed by atoms with Crippen LogP contribution in [0.4, 0.5) is 0 Å². The number of nitrogens with one attached hydrogen (secondary N) is 2. The van der Waals surface area contributed by atoms with Crippen molar-refractivity contribution in [2.75, 3.05) is 33.2 Å². The first-order valence-electron chi connectivity index (χ1n) is 9.42. The van der Waals surface area contributed by atoms with Crippen molar-refractivity contribution in [1.82, 2.24) is 15.5 Å². The smallest absolute Gasteiger partial charge is 0.191 e. The Balaban J connectivity index is 1.40. The van der Waals surface area contributed by atoms with Gasteiger partial charge in [0.1, 0.15) is 11.3 Å². The summed E-state index contributed by atoms with van der Waals surface area (Å²) in [6, 6.07) is 8.17. The number of likely N-dealkylation sites (tertiary alicyclic amines) is 1. The predicted molar refractivity (Wildman–Crippen MR) is 104 cm³/mol. The van der Waals surface area contributed by atoms with Crippen molar-refractivity contribution >= 4 is 16.9 Å². The molecule has 1 fully saturated rings. The molecule has 1 aromatic heterocycles. The maximum atomic E-state index is 5.94. The van der Waals surface area contributed by atoms with E-state index >= 15 is 0 Å². The third-order valence-electron chi connectivity index (χ3n) is 4.97. The highest BCUT2D eigenvalue weighted by atomic mass is 16.3. The Morgan fingerprint density at radius 3 is 2.72 bits per heavy atom. The largest absolute Gasteiger partial charge is 0.459 e. The van der Waals surface area contributed by atoms with Crippen LogP contribution in [0.25, 0.3) is 11.0 Å². The van der Waals surface area contributed by atoms with E-state index in [-0.39, 0.29) is 0 Å². The molecule has 136 valence electrons. The summed E-state index contributed by atoms with van der Waals surface area (Å²) in [7, 11) is 1.81. The standard InChI is InChI=1S/C20H30N4O/c1-16-17-9-3-4-10-18(17)25-19(16)15-23-20(21-2)22-11-5-6-12-24-13-7-8-14-24/h3-4,9-10H,5-8,11-15H2,1-2H3,(H2,21,22,23). The van der Waals surface area contributed by atoms with Crippen LogP contribution < -0.4 is 10.6 Å². The number of hydrogen-bond donors (Lipinski definition) is 2. The van der Waals surface area contributed by atoms with Crippen molar-refractivity contribution in [2.24, 2.45) is 4.99 Å². The Morgan fingerprint density at radius 1 is 1.16 bits per heavy atom.